The summed E-state index contributed by atoms with van der Waals surface area (Å²) in [6.45, 7) is -1.66. The maximum absolute atomic E-state index is 12.6. The first-order valence-electron chi connectivity index (χ1n) is 2.73. The summed E-state index contributed by atoms with van der Waals surface area (Å²) in [6, 6.07) is 0. The summed E-state index contributed by atoms with van der Waals surface area (Å²) in [6.07, 6.45) is -2.69. The Bertz CT molecular complexity index is 151. The fourth-order valence-electron chi connectivity index (χ4n) is 0.397. The number of carbonyl (C=O) groups is 1. The second-order valence-electron chi connectivity index (χ2n) is 1.88. The molecule has 3 nitrogen and oxygen atoms in total. The van der Waals surface area contributed by atoms with Crippen molar-refractivity contribution >= 4 is 5.97 Å². The summed E-state index contributed by atoms with van der Waals surface area (Å²) in [4.78, 5) is 10.3. The molecule has 0 bridgehead atoms. The van der Waals surface area contributed by atoms with Gasteiger partial charge in [-0.15, -0.1) is 0 Å². The lowest BCUT2D eigenvalue weighted by molar-refractivity contribution is -0.159. The molecule has 0 radical (unpaired) electrons. The van der Waals surface area contributed by atoms with Gasteiger partial charge >= 0.3 is 5.97 Å². The Hall–Kier alpha value is -0.780. The van der Waals surface area contributed by atoms with Gasteiger partial charge in [0.15, 0.2) is 6.17 Å². The van der Waals surface area contributed by atoms with Crippen LogP contribution in [0.4, 0.5) is 13.2 Å². The smallest absolute Gasteiger partial charge is 0.362 e. The van der Waals surface area contributed by atoms with Crippen molar-refractivity contribution in [1.82, 2.24) is 0 Å². The first kappa shape index (κ1) is 10.2. The van der Waals surface area contributed by atoms with Gasteiger partial charge in [-0.05, 0) is 0 Å². The normalized spacial score (nSPS) is 18.6. The van der Waals surface area contributed by atoms with Crippen LogP contribution < -0.4 is 5.73 Å². The fourth-order valence-corrected chi connectivity index (χ4v) is 0.397. The molecule has 0 fully saturated rings. The minimum absolute atomic E-state index is 0.828. The first-order valence-corrected chi connectivity index (χ1v) is 2.73. The summed E-state index contributed by atoms with van der Waals surface area (Å²) in [5.41, 5.74) is 4.47. The average molecular weight is 171 g/mol. The average Bonchev–Trinajstić information content (AvgIpc) is 2.01. The highest BCUT2D eigenvalue weighted by Crippen LogP contribution is 2.15. The van der Waals surface area contributed by atoms with Crippen LogP contribution in [0.15, 0.2) is 0 Å². The standard InChI is InChI=1S/C5H8F3NO2/c1-11-4(10)5(8,9)3(7)2-6/h3H,2,9H2,1H3. The van der Waals surface area contributed by atoms with Crippen molar-refractivity contribution in [2.45, 2.75) is 12.0 Å². The lowest BCUT2D eigenvalue weighted by Crippen LogP contribution is -2.53. The molecule has 6 heteroatoms. The van der Waals surface area contributed by atoms with E-state index in [9.17, 15) is 18.0 Å². The van der Waals surface area contributed by atoms with Crippen LogP contribution in [0.2, 0.25) is 0 Å². The van der Waals surface area contributed by atoms with Gasteiger partial charge in [-0.1, -0.05) is 0 Å². The molecule has 0 aromatic rings. The SMILES string of the molecule is COC(=O)C(N)(F)C(F)CF. The van der Waals surface area contributed by atoms with Gasteiger partial charge < -0.3 is 4.74 Å². The fraction of sp³-hybridized carbons (Fsp3) is 0.800. The highest BCUT2D eigenvalue weighted by atomic mass is 19.2. The Balaban J connectivity index is 4.31. The zero-order valence-electron chi connectivity index (χ0n) is 5.81. The van der Waals surface area contributed by atoms with Gasteiger partial charge in [-0.25, -0.2) is 18.0 Å². The number of alkyl halides is 3. The molecule has 2 N–H and O–H groups in total. The van der Waals surface area contributed by atoms with E-state index in [2.05, 4.69) is 10.5 Å². The molecule has 0 aliphatic heterocycles. The molecule has 0 heterocycles. The molecule has 0 aliphatic carbocycles. The van der Waals surface area contributed by atoms with Crippen molar-refractivity contribution in [2.75, 3.05) is 13.8 Å². The highest BCUT2D eigenvalue weighted by Gasteiger charge is 2.44. The van der Waals surface area contributed by atoms with E-state index >= 15 is 0 Å². The van der Waals surface area contributed by atoms with Crippen molar-refractivity contribution in [3.05, 3.63) is 0 Å². The Morgan fingerprint density at radius 2 is 2.27 bits per heavy atom. The number of rotatable bonds is 3. The highest BCUT2D eigenvalue weighted by molar-refractivity contribution is 5.79. The number of hydrogen-bond donors (Lipinski definition) is 1. The Labute approximate surface area is 61.3 Å². The second-order valence-corrected chi connectivity index (χ2v) is 1.88. The number of esters is 1. The molecular formula is C5H8F3NO2. The minimum atomic E-state index is -3.39. The zero-order chi connectivity index (χ0) is 9.07. The van der Waals surface area contributed by atoms with Crippen LogP contribution in [-0.4, -0.2) is 31.7 Å². The summed E-state index contributed by atoms with van der Waals surface area (Å²) < 4.78 is 40.0. The molecule has 2 unspecified atom stereocenters. The maximum atomic E-state index is 12.6. The number of carbonyl (C=O) groups excluding carboxylic acids is 1. The van der Waals surface area contributed by atoms with Gasteiger partial charge in [0, 0.05) is 0 Å². The zero-order valence-corrected chi connectivity index (χ0v) is 5.81. The van der Waals surface area contributed by atoms with Crippen molar-refractivity contribution in [2.24, 2.45) is 5.73 Å². The van der Waals surface area contributed by atoms with Crippen molar-refractivity contribution < 1.29 is 22.7 Å². The lowest BCUT2D eigenvalue weighted by Gasteiger charge is -2.18. The van der Waals surface area contributed by atoms with Crippen LogP contribution in [0, 0.1) is 0 Å². The maximum Gasteiger partial charge on any atom is 0.362 e. The van der Waals surface area contributed by atoms with E-state index in [0.29, 0.717) is 0 Å². The minimum Gasteiger partial charge on any atom is -0.466 e. The van der Waals surface area contributed by atoms with Gasteiger partial charge in [-0.2, -0.15) is 0 Å². The van der Waals surface area contributed by atoms with E-state index < -0.39 is 24.6 Å². The summed E-state index contributed by atoms with van der Waals surface area (Å²) in [5, 5.41) is 0. The summed E-state index contributed by atoms with van der Waals surface area (Å²) in [7, 11) is 0.828. The van der Waals surface area contributed by atoms with E-state index in [0.717, 1.165) is 7.11 Å². The molecule has 0 spiro atoms. The molecule has 0 amide bonds. The Morgan fingerprint density at radius 3 is 2.55 bits per heavy atom. The molecule has 11 heavy (non-hydrogen) atoms. The predicted octanol–water partition coefficient (Wildman–Crippen LogP) is 0.0915. The van der Waals surface area contributed by atoms with Gasteiger partial charge in [0.25, 0.3) is 5.79 Å². The third-order valence-electron chi connectivity index (χ3n) is 1.09. The van der Waals surface area contributed by atoms with Crippen molar-refractivity contribution in [3.8, 4) is 0 Å². The van der Waals surface area contributed by atoms with Crippen molar-refractivity contribution in [1.29, 1.82) is 0 Å². The number of halogens is 3. The molecule has 2 atom stereocenters. The topological polar surface area (TPSA) is 52.3 Å². The van der Waals surface area contributed by atoms with E-state index in [1.165, 1.54) is 0 Å². The molecule has 0 aromatic heterocycles. The monoisotopic (exact) mass is 171 g/mol. The van der Waals surface area contributed by atoms with E-state index in [1.54, 1.807) is 0 Å². The summed E-state index contributed by atoms with van der Waals surface area (Å²) in [5.74, 6) is -5.01. The number of ether oxygens (including phenoxy) is 1. The summed E-state index contributed by atoms with van der Waals surface area (Å²) >= 11 is 0. The van der Waals surface area contributed by atoms with E-state index in [1.807, 2.05) is 0 Å². The van der Waals surface area contributed by atoms with E-state index in [-0.39, 0.29) is 0 Å². The third-order valence-corrected chi connectivity index (χ3v) is 1.09. The van der Waals surface area contributed by atoms with Crippen LogP contribution in [0.1, 0.15) is 0 Å². The lowest BCUT2D eigenvalue weighted by atomic mass is 10.2. The van der Waals surface area contributed by atoms with Crippen LogP contribution in [-0.2, 0) is 9.53 Å². The van der Waals surface area contributed by atoms with Gasteiger partial charge in [0.05, 0.1) is 7.11 Å². The number of methoxy groups -OCH3 is 1. The van der Waals surface area contributed by atoms with Gasteiger partial charge in [-0.3, -0.25) is 5.73 Å². The molecule has 0 saturated carbocycles. The molecule has 0 aliphatic rings. The largest absolute Gasteiger partial charge is 0.466 e. The molecule has 0 aromatic carbocycles. The molecule has 66 valence electrons. The Morgan fingerprint density at radius 1 is 1.82 bits per heavy atom. The van der Waals surface area contributed by atoms with Gasteiger partial charge in [0.2, 0.25) is 0 Å². The molecular weight excluding hydrogens is 163 g/mol. The molecule has 0 rings (SSSR count). The number of hydrogen-bond acceptors (Lipinski definition) is 3. The number of nitrogens with two attached hydrogens (primary N) is 1. The second kappa shape index (κ2) is 3.56. The third kappa shape index (κ3) is 2.07. The predicted molar refractivity (Wildman–Crippen MR) is 30.9 cm³/mol. The first-order chi connectivity index (χ1) is 4.96. The van der Waals surface area contributed by atoms with Crippen molar-refractivity contribution in [3.63, 3.8) is 0 Å². The van der Waals surface area contributed by atoms with Crippen LogP contribution in [0.25, 0.3) is 0 Å². The van der Waals surface area contributed by atoms with Gasteiger partial charge in [0.1, 0.15) is 6.67 Å². The molecule has 0 saturated heterocycles. The van der Waals surface area contributed by atoms with E-state index in [4.69, 9.17) is 0 Å². The van der Waals surface area contributed by atoms with Crippen LogP contribution in [0.3, 0.4) is 0 Å². The van der Waals surface area contributed by atoms with Crippen LogP contribution >= 0.6 is 0 Å². The Kier molecular flexibility index (Phi) is 3.31. The quantitative estimate of drug-likeness (QED) is 0.483. The van der Waals surface area contributed by atoms with Crippen LogP contribution in [0.5, 0.6) is 0 Å².